The molecule has 3 aliphatic rings. The van der Waals surface area contributed by atoms with Crippen LogP contribution in [0, 0.1) is 5.92 Å². The molecule has 0 unspecified atom stereocenters. The SMILES string of the molecule is C/C=C1/C[C@H](C)[C@](C)(O)C(=O)OCC2=CCN3CC[C@H](OC1=O)[C@@H]23. The van der Waals surface area contributed by atoms with Crippen molar-refractivity contribution < 1.29 is 24.2 Å². The summed E-state index contributed by atoms with van der Waals surface area (Å²) in [6.45, 7) is 6.71. The van der Waals surface area contributed by atoms with Gasteiger partial charge >= 0.3 is 11.9 Å². The van der Waals surface area contributed by atoms with Gasteiger partial charge in [-0.15, -0.1) is 0 Å². The van der Waals surface area contributed by atoms with Gasteiger partial charge in [-0.2, -0.15) is 0 Å². The van der Waals surface area contributed by atoms with Crippen molar-refractivity contribution in [1.82, 2.24) is 4.90 Å². The number of ether oxygens (including phenoxy) is 2. The quantitative estimate of drug-likeness (QED) is 0.407. The van der Waals surface area contributed by atoms with Gasteiger partial charge in [-0.25, -0.2) is 9.59 Å². The summed E-state index contributed by atoms with van der Waals surface area (Å²) in [5.41, 5.74) is -0.218. The minimum absolute atomic E-state index is 0.0262. The van der Waals surface area contributed by atoms with Crippen LogP contribution in [0.15, 0.2) is 23.3 Å². The fourth-order valence-electron chi connectivity index (χ4n) is 3.68. The normalized spacial score (nSPS) is 39.6. The molecule has 3 rings (SSSR count). The zero-order valence-corrected chi connectivity index (χ0v) is 14.4. The molecule has 6 nitrogen and oxygen atoms in total. The molecule has 0 aromatic heterocycles. The first-order valence-corrected chi connectivity index (χ1v) is 8.53. The van der Waals surface area contributed by atoms with Crippen LogP contribution in [0.2, 0.25) is 0 Å². The summed E-state index contributed by atoms with van der Waals surface area (Å²) in [7, 11) is 0. The van der Waals surface area contributed by atoms with Crippen molar-refractivity contribution in [3.63, 3.8) is 0 Å². The van der Waals surface area contributed by atoms with Crippen LogP contribution >= 0.6 is 0 Å². The van der Waals surface area contributed by atoms with Crippen molar-refractivity contribution >= 4 is 11.9 Å². The van der Waals surface area contributed by atoms with Crippen LogP contribution in [-0.4, -0.2) is 59.4 Å². The van der Waals surface area contributed by atoms with Crippen molar-refractivity contribution in [3.8, 4) is 0 Å². The van der Waals surface area contributed by atoms with Crippen molar-refractivity contribution in [3.05, 3.63) is 23.3 Å². The van der Waals surface area contributed by atoms with Crippen LogP contribution in [-0.2, 0) is 19.1 Å². The number of nitrogens with zero attached hydrogens (tertiary/aromatic N) is 1. The molecule has 24 heavy (non-hydrogen) atoms. The summed E-state index contributed by atoms with van der Waals surface area (Å²) in [4.78, 5) is 27.1. The second kappa shape index (κ2) is 6.33. The van der Waals surface area contributed by atoms with E-state index in [9.17, 15) is 14.7 Å². The summed E-state index contributed by atoms with van der Waals surface area (Å²) in [6.07, 6.45) is 4.56. The maximum absolute atomic E-state index is 12.5. The predicted molar refractivity (Wildman–Crippen MR) is 87.1 cm³/mol. The highest BCUT2D eigenvalue weighted by Crippen LogP contribution is 2.34. The topological polar surface area (TPSA) is 76.1 Å². The minimum atomic E-state index is -1.65. The monoisotopic (exact) mass is 335 g/mol. The van der Waals surface area contributed by atoms with Crippen LogP contribution in [0.4, 0.5) is 0 Å². The number of carbonyl (C=O) groups is 2. The molecule has 0 saturated carbocycles. The molecule has 4 atom stereocenters. The molecular formula is C18H25NO5. The van der Waals surface area contributed by atoms with Crippen molar-refractivity contribution in [2.24, 2.45) is 5.92 Å². The fourth-order valence-corrected chi connectivity index (χ4v) is 3.68. The number of esters is 2. The highest BCUT2D eigenvalue weighted by molar-refractivity contribution is 5.89. The molecule has 0 bridgehead atoms. The van der Waals surface area contributed by atoms with E-state index in [2.05, 4.69) is 4.90 Å². The van der Waals surface area contributed by atoms with Gasteiger partial charge < -0.3 is 14.6 Å². The summed E-state index contributed by atoms with van der Waals surface area (Å²) in [6, 6.07) is -0.0262. The van der Waals surface area contributed by atoms with Crippen LogP contribution in [0.1, 0.15) is 33.6 Å². The number of aliphatic hydroxyl groups is 1. The first-order chi connectivity index (χ1) is 11.3. The largest absolute Gasteiger partial charge is 0.459 e. The van der Waals surface area contributed by atoms with Gasteiger partial charge in [0.25, 0.3) is 0 Å². The second-order valence-corrected chi connectivity index (χ2v) is 7.09. The number of rotatable bonds is 0. The Morgan fingerprint density at radius 3 is 2.88 bits per heavy atom. The van der Waals surface area contributed by atoms with Gasteiger partial charge in [-0.05, 0) is 38.2 Å². The van der Waals surface area contributed by atoms with Gasteiger partial charge in [0.15, 0.2) is 5.60 Å². The van der Waals surface area contributed by atoms with Gasteiger partial charge in [-0.3, -0.25) is 4.90 Å². The average Bonchev–Trinajstić information content (AvgIpc) is 3.12. The molecule has 3 aliphatic heterocycles. The molecule has 0 amide bonds. The average molecular weight is 335 g/mol. The lowest BCUT2D eigenvalue weighted by Gasteiger charge is -2.31. The van der Waals surface area contributed by atoms with Gasteiger partial charge in [0.05, 0.1) is 6.04 Å². The standard InChI is InChI=1S/C18H25NO5/c1-4-12-9-11(2)18(3,22)17(21)23-10-13-5-7-19-8-6-14(15(13)19)24-16(12)20/h4-5,11,14-15,22H,6-10H2,1-3H3/b12-4-/t11-,14-,15+,18-/m0/s1. The number of hydrogen-bond acceptors (Lipinski definition) is 6. The molecule has 3 heterocycles. The number of allylic oxidation sites excluding steroid dienone is 1. The maximum atomic E-state index is 12.5. The Morgan fingerprint density at radius 1 is 1.42 bits per heavy atom. The van der Waals surface area contributed by atoms with E-state index in [1.807, 2.05) is 6.08 Å². The first-order valence-electron chi connectivity index (χ1n) is 8.53. The molecule has 0 spiro atoms. The van der Waals surface area contributed by atoms with Gasteiger partial charge in [0, 0.05) is 18.7 Å². The van der Waals surface area contributed by atoms with Crippen LogP contribution in [0.5, 0.6) is 0 Å². The molecule has 2 fully saturated rings. The molecule has 0 aromatic rings. The van der Waals surface area contributed by atoms with Crippen molar-refractivity contribution in [2.75, 3.05) is 19.7 Å². The molecule has 2 saturated heterocycles. The Balaban J connectivity index is 1.91. The third-order valence-corrected chi connectivity index (χ3v) is 5.55. The molecule has 0 aliphatic carbocycles. The smallest absolute Gasteiger partial charge is 0.338 e. The van der Waals surface area contributed by atoms with Gasteiger partial charge in [-0.1, -0.05) is 19.1 Å². The maximum Gasteiger partial charge on any atom is 0.338 e. The van der Waals surface area contributed by atoms with Crippen LogP contribution in [0.3, 0.4) is 0 Å². The zero-order chi connectivity index (χ0) is 17.5. The Labute approximate surface area is 142 Å². The Morgan fingerprint density at radius 2 is 2.17 bits per heavy atom. The second-order valence-electron chi connectivity index (χ2n) is 7.09. The molecular weight excluding hydrogens is 310 g/mol. The summed E-state index contributed by atoms with van der Waals surface area (Å²) in [5, 5.41) is 10.6. The Kier molecular flexibility index (Phi) is 4.53. The number of carbonyl (C=O) groups excluding carboxylic acids is 2. The molecule has 6 heteroatoms. The Bertz CT molecular complexity index is 607. The van der Waals surface area contributed by atoms with Gasteiger partial charge in [0.1, 0.15) is 12.7 Å². The van der Waals surface area contributed by atoms with E-state index in [0.29, 0.717) is 5.57 Å². The molecule has 132 valence electrons. The Hall–Kier alpha value is -1.66. The number of hydrogen-bond donors (Lipinski definition) is 1. The van der Waals surface area contributed by atoms with E-state index in [4.69, 9.17) is 9.47 Å². The minimum Gasteiger partial charge on any atom is -0.459 e. The van der Waals surface area contributed by atoms with Crippen LogP contribution in [0.25, 0.3) is 0 Å². The molecule has 0 aromatic carbocycles. The van der Waals surface area contributed by atoms with E-state index in [-0.39, 0.29) is 31.1 Å². The first kappa shape index (κ1) is 17.2. The van der Waals surface area contributed by atoms with Crippen molar-refractivity contribution in [1.29, 1.82) is 0 Å². The van der Waals surface area contributed by atoms with E-state index >= 15 is 0 Å². The van der Waals surface area contributed by atoms with Crippen molar-refractivity contribution in [2.45, 2.75) is 51.4 Å². The number of cyclic esters (lactones) is 1. The van der Waals surface area contributed by atoms with E-state index < -0.39 is 17.5 Å². The van der Waals surface area contributed by atoms with E-state index in [0.717, 1.165) is 25.1 Å². The highest BCUT2D eigenvalue weighted by atomic mass is 16.6. The third-order valence-electron chi connectivity index (χ3n) is 5.55. The zero-order valence-electron chi connectivity index (χ0n) is 14.4. The molecule has 0 radical (unpaired) electrons. The van der Waals surface area contributed by atoms with Crippen LogP contribution < -0.4 is 0 Å². The van der Waals surface area contributed by atoms with Gasteiger partial charge in [0.2, 0.25) is 0 Å². The lowest BCUT2D eigenvalue weighted by Crippen LogP contribution is -2.45. The summed E-state index contributed by atoms with van der Waals surface area (Å²) >= 11 is 0. The lowest BCUT2D eigenvalue weighted by atomic mass is 9.85. The fraction of sp³-hybridized carbons (Fsp3) is 0.667. The summed E-state index contributed by atoms with van der Waals surface area (Å²) in [5.74, 6) is -1.46. The molecule has 1 N–H and O–H groups in total. The lowest BCUT2D eigenvalue weighted by molar-refractivity contribution is -0.169. The van der Waals surface area contributed by atoms with E-state index in [1.165, 1.54) is 6.92 Å². The van der Waals surface area contributed by atoms with E-state index in [1.54, 1.807) is 19.9 Å². The highest BCUT2D eigenvalue weighted by Gasteiger charge is 2.45. The third kappa shape index (κ3) is 2.89. The summed E-state index contributed by atoms with van der Waals surface area (Å²) < 4.78 is 11.2. The predicted octanol–water partition coefficient (Wildman–Crippen LogP) is 1.19.